The van der Waals surface area contributed by atoms with Gasteiger partial charge in [-0.25, -0.2) is 0 Å². The van der Waals surface area contributed by atoms with Crippen LogP contribution in [0.25, 0.3) is 10.9 Å². The normalized spacial score (nSPS) is 27.6. The minimum absolute atomic E-state index is 0.0973. The van der Waals surface area contributed by atoms with E-state index in [0.29, 0.717) is 19.1 Å². The molecule has 1 aliphatic heterocycles. The summed E-state index contributed by atoms with van der Waals surface area (Å²) in [7, 11) is 0. The van der Waals surface area contributed by atoms with Crippen molar-refractivity contribution in [1.82, 2.24) is 9.88 Å². The molecule has 0 spiro atoms. The molecule has 0 bridgehead atoms. The maximum absolute atomic E-state index is 10.7. The van der Waals surface area contributed by atoms with Crippen molar-refractivity contribution in [2.45, 2.75) is 51.4 Å². The zero-order valence-electron chi connectivity index (χ0n) is 19.6. The first-order chi connectivity index (χ1) is 16.5. The number of H-pyrrole nitrogens is 1. The van der Waals surface area contributed by atoms with E-state index < -0.39 is 0 Å². The van der Waals surface area contributed by atoms with Crippen LogP contribution in [0.5, 0.6) is 0 Å². The molecule has 2 aromatic carbocycles. The summed E-state index contributed by atoms with van der Waals surface area (Å²) in [6.07, 6.45) is 5.44. The number of ether oxygens (including phenoxy) is 1. The molecule has 1 fully saturated rings. The Labute approximate surface area is 209 Å². The van der Waals surface area contributed by atoms with Crippen LogP contribution in [0.3, 0.4) is 0 Å². The molecule has 3 aromatic rings. The Balaban J connectivity index is 1.54. The molecule has 1 aliphatic carbocycles. The highest BCUT2D eigenvalue weighted by Crippen LogP contribution is 2.43. The molecular formula is C28H32BrN3O2. The molecule has 5 nitrogen and oxygen atoms in total. The van der Waals surface area contributed by atoms with Gasteiger partial charge in [-0.3, -0.25) is 0 Å². The molecule has 2 N–H and O–H groups in total. The number of rotatable bonds is 3. The van der Waals surface area contributed by atoms with Crippen molar-refractivity contribution >= 4 is 26.8 Å². The van der Waals surface area contributed by atoms with Crippen molar-refractivity contribution in [1.29, 1.82) is 5.26 Å². The summed E-state index contributed by atoms with van der Waals surface area (Å²) in [4.78, 5) is 5.61. The molecule has 0 radical (unpaired) electrons. The van der Waals surface area contributed by atoms with Crippen LogP contribution in [0.1, 0.15) is 49.1 Å². The van der Waals surface area contributed by atoms with Gasteiger partial charge in [0.2, 0.25) is 0 Å². The molecule has 34 heavy (non-hydrogen) atoms. The quantitative estimate of drug-likeness (QED) is 0.418. The third-order valence-electron chi connectivity index (χ3n) is 7.97. The van der Waals surface area contributed by atoms with E-state index in [1.807, 2.05) is 17.0 Å². The van der Waals surface area contributed by atoms with Gasteiger partial charge in [0.25, 0.3) is 0 Å². The Hall–Kier alpha value is -2.33. The number of hydrogen-bond acceptors (Lipinski definition) is 4. The topological polar surface area (TPSA) is 72.3 Å². The molecular weight excluding hydrogens is 490 g/mol. The zero-order valence-corrected chi connectivity index (χ0v) is 21.2. The van der Waals surface area contributed by atoms with Gasteiger partial charge in [0.15, 0.2) is 6.19 Å². The van der Waals surface area contributed by atoms with Crippen molar-refractivity contribution < 1.29 is 9.84 Å². The molecule has 1 aromatic heterocycles. The van der Waals surface area contributed by atoms with Gasteiger partial charge in [0, 0.05) is 34.2 Å². The number of nitrogens with one attached hydrogen (secondary N) is 1. The first kappa shape index (κ1) is 23.4. The van der Waals surface area contributed by atoms with Crippen molar-refractivity contribution in [3.8, 4) is 6.19 Å². The first-order valence-corrected chi connectivity index (χ1v) is 13.1. The second-order valence-corrected chi connectivity index (χ2v) is 10.9. The van der Waals surface area contributed by atoms with E-state index >= 15 is 0 Å². The highest BCUT2D eigenvalue weighted by Gasteiger charge is 2.39. The number of aromatic amines is 1. The molecule has 178 valence electrons. The number of para-hydroxylation sites is 1. The van der Waals surface area contributed by atoms with Crippen LogP contribution in [-0.4, -0.2) is 34.2 Å². The monoisotopic (exact) mass is 521 g/mol. The Morgan fingerprint density at radius 3 is 2.76 bits per heavy atom. The van der Waals surface area contributed by atoms with Gasteiger partial charge >= 0.3 is 0 Å². The van der Waals surface area contributed by atoms with Crippen molar-refractivity contribution in [2.75, 3.05) is 13.1 Å². The van der Waals surface area contributed by atoms with Gasteiger partial charge in [0.1, 0.15) is 0 Å². The first-order valence-electron chi connectivity index (χ1n) is 12.3. The van der Waals surface area contributed by atoms with Crippen LogP contribution in [0.2, 0.25) is 0 Å². The summed E-state index contributed by atoms with van der Waals surface area (Å²) < 4.78 is 7.73. The molecule has 0 amide bonds. The second kappa shape index (κ2) is 10.1. The van der Waals surface area contributed by atoms with Gasteiger partial charge in [-0.2, -0.15) is 5.26 Å². The standard InChI is InChI=1S/C28H32BrN3O2/c1-18-24-14-27(34-16-19-6-9-21(29)10-7-19)28-23(22-4-2-3-5-25(22)31-28)12-13-32(17-30)15-20(24)8-11-26(18)33/h2-7,9-10,18,20,24,26-27,31,33H,8,11-16H2,1H3/t18-,20+,24-,26+,27-/m1/s1. The Bertz CT molecular complexity index is 1170. The number of hydrogen-bond donors (Lipinski definition) is 2. The van der Waals surface area contributed by atoms with Crippen LogP contribution in [0, 0.1) is 29.2 Å². The Morgan fingerprint density at radius 1 is 1.18 bits per heavy atom. The van der Waals surface area contributed by atoms with E-state index in [0.717, 1.165) is 53.5 Å². The summed E-state index contributed by atoms with van der Waals surface area (Å²) in [5.74, 6) is 0.833. The van der Waals surface area contributed by atoms with Crippen LogP contribution in [0.4, 0.5) is 0 Å². The molecule has 5 rings (SSSR count). The number of aromatic nitrogens is 1. The van der Waals surface area contributed by atoms with E-state index in [2.05, 4.69) is 70.4 Å². The molecule has 6 heteroatoms. The third-order valence-corrected chi connectivity index (χ3v) is 8.50. The number of halogens is 1. The predicted molar refractivity (Wildman–Crippen MR) is 137 cm³/mol. The second-order valence-electron chi connectivity index (χ2n) is 9.95. The van der Waals surface area contributed by atoms with Crippen molar-refractivity contribution in [3.63, 3.8) is 0 Å². The van der Waals surface area contributed by atoms with E-state index in [1.165, 1.54) is 10.9 Å². The molecule has 2 aliphatic rings. The fourth-order valence-electron chi connectivity index (χ4n) is 5.98. The highest BCUT2D eigenvalue weighted by molar-refractivity contribution is 9.10. The molecule has 2 heterocycles. The van der Waals surface area contributed by atoms with Crippen LogP contribution in [-0.2, 0) is 17.8 Å². The number of aliphatic hydroxyl groups is 1. The van der Waals surface area contributed by atoms with Gasteiger partial charge in [-0.05, 0) is 72.8 Å². The number of nitrogens with zero attached hydrogens (tertiary/aromatic N) is 2. The lowest BCUT2D eigenvalue weighted by Gasteiger charge is -2.42. The fourth-order valence-corrected chi connectivity index (χ4v) is 6.25. The van der Waals surface area contributed by atoms with E-state index in [9.17, 15) is 10.4 Å². The zero-order chi connectivity index (χ0) is 23.7. The van der Waals surface area contributed by atoms with Gasteiger partial charge < -0.3 is 19.7 Å². The van der Waals surface area contributed by atoms with Gasteiger partial charge in [0.05, 0.1) is 18.8 Å². The van der Waals surface area contributed by atoms with E-state index in [1.54, 1.807) is 0 Å². The Kier molecular flexibility index (Phi) is 6.96. The minimum atomic E-state index is -0.297. The average Bonchev–Trinajstić information content (AvgIpc) is 3.22. The maximum Gasteiger partial charge on any atom is 0.179 e. The number of fused-ring (bicyclic) bond motifs is 4. The lowest BCUT2D eigenvalue weighted by molar-refractivity contribution is -0.0411. The summed E-state index contributed by atoms with van der Waals surface area (Å²) in [5.41, 5.74) is 4.63. The summed E-state index contributed by atoms with van der Waals surface area (Å²) in [6, 6.07) is 16.7. The highest BCUT2D eigenvalue weighted by atomic mass is 79.9. The molecule has 0 saturated heterocycles. The summed E-state index contributed by atoms with van der Waals surface area (Å²) in [5, 5.41) is 21.8. The Morgan fingerprint density at radius 2 is 1.97 bits per heavy atom. The SMILES string of the molecule is C[C@@H]1[C@H]2C[C@@H](OCc3ccc(Br)cc3)c3[nH]c4ccccc4c3CCN(C#N)C[C@@H]2CC[C@@H]1O. The predicted octanol–water partition coefficient (Wildman–Crippen LogP) is 5.94. The maximum atomic E-state index is 10.7. The average molecular weight is 522 g/mol. The third kappa shape index (κ3) is 4.75. The molecule has 1 saturated carbocycles. The fraction of sp³-hybridized carbons (Fsp3) is 0.464. The lowest BCUT2D eigenvalue weighted by Crippen LogP contribution is -2.42. The van der Waals surface area contributed by atoms with Crippen molar-refractivity contribution in [3.05, 3.63) is 69.8 Å². The van der Waals surface area contributed by atoms with Crippen LogP contribution >= 0.6 is 15.9 Å². The van der Waals surface area contributed by atoms with Gasteiger partial charge in [-0.15, -0.1) is 0 Å². The summed E-state index contributed by atoms with van der Waals surface area (Å²) >= 11 is 3.51. The number of benzene rings is 2. The van der Waals surface area contributed by atoms with E-state index in [4.69, 9.17) is 4.74 Å². The summed E-state index contributed by atoms with van der Waals surface area (Å²) in [6.45, 7) is 4.16. The smallest absolute Gasteiger partial charge is 0.179 e. The van der Waals surface area contributed by atoms with Crippen LogP contribution in [0.15, 0.2) is 53.0 Å². The molecule has 5 atom stereocenters. The molecule has 0 unspecified atom stereocenters. The number of aliphatic hydroxyl groups excluding tert-OH is 1. The number of nitriles is 1. The van der Waals surface area contributed by atoms with Crippen LogP contribution < -0.4 is 0 Å². The minimum Gasteiger partial charge on any atom is -0.393 e. The van der Waals surface area contributed by atoms with E-state index in [-0.39, 0.29) is 24.0 Å². The largest absolute Gasteiger partial charge is 0.393 e. The van der Waals surface area contributed by atoms with Crippen molar-refractivity contribution in [2.24, 2.45) is 17.8 Å². The van der Waals surface area contributed by atoms with Gasteiger partial charge in [-0.1, -0.05) is 53.2 Å². The lowest BCUT2D eigenvalue weighted by atomic mass is 9.68.